The van der Waals surface area contributed by atoms with Gasteiger partial charge in [0.05, 0.1) is 12.3 Å². The van der Waals surface area contributed by atoms with Gasteiger partial charge in [0.25, 0.3) is 0 Å². The Hall–Kier alpha value is -2.01. The monoisotopic (exact) mass is 303 g/mol. The van der Waals surface area contributed by atoms with Crippen LogP contribution in [0.5, 0.6) is 0 Å². The summed E-state index contributed by atoms with van der Waals surface area (Å²) in [5.74, 6) is -0.669. The van der Waals surface area contributed by atoms with Crippen molar-refractivity contribution >= 4 is 29.5 Å². The number of hydrogen-bond donors (Lipinski definition) is 1. The third-order valence-electron chi connectivity index (χ3n) is 3.03. The van der Waals surface area contributed by atoms with Crippen LogP contribution in [0, 0.1) is 0 Å². The number of thioether (sulfide) groups is 1. The summed E-state index contributed by atoms with van der Waals surface area (Å²) in [6.07, 6.45) is 3.76. The molecule has 0 unspecified atom stereocenters. The number of carbonyl (C=O) groups excluding carboxylic acids is 1. The summed E-state index contributed by atoms with van der Waals surface area (Å²) in [4.78, 5) is 17.2. The number of hydrogen-bond acceptors (Lipinski definition) is 5. The van der Waals surface area contributed by atoms with Gasteiger partial charge in [0, 0.05) is 4.90 Å². The van der Waals surface area contributed by atoms with Gasteiger partial charge in [-0.05, 0) is 43.9 Å². The largest absolute Gasteiger partial charge is 0.505 e. The van der Waals surface area contributed by atoms with Crippen molar-refractivity contribution < 1.29 is 14.6 Å². The fourth-order valence-corrected chi connectivity index (χ4v) is 2.40. The van der Waals surface area contributed by atoms with Gasteiger partial charge < -0.3 is 9.84 Å². The molecule has 1 N–H and O–H groups in total. The molecular formula is C16H17NO3S. The quantitative estimate of drug-likeness (QED) is 0.682. The lowest BCUT2D eigenvalue weighted by Crippen LogP contribution is -2.13. The van der Waals surface area contributed by atoms with Crippen LogP contribution < -0.4 is 0 Å². The highest BCUT2D eigenvalue weighted by molar-refractivity contribution is 7.98. The lowest BCUT2D eigenvalue weighted by atomic mass is 10.1. The number of rotatable bonds is 4. The standard InChI is InChI=1S/C16H17NO3S/c1-4-20-16(19)14-10(2)17-13(15(14)18)9-11-5-7-12(21-3)8-6-11/h5-9,18H,4H2,1-3H3. The number of carbonyl (C=O) groups is 1. The molecule has 0 atom stereocenters. The van der Waals surface area contributed by atoms with Gasteiger partial charge in [-0.1, -0.05) is 12.1 Å². The molecule has 2 rings (SSSR count). The zero-order valence-corrected chi connectivity index (χ0v) is 13.0. The maximum atomic E-state index is 11.8. The van der Waals surface area contributed by atoms with Crippen molar-refractivity contribution in [1.82, 2.24) is 0 Å². The lowest BCUT2D eigenvalue weighted by molar-refractivity contribution is -0.138. The molecule has 4 nitrogen and oxygen atoms in total. The minimum Gasteiger partial charge on any atom is -0.505 e. The van der Waals surface area contributed by atoms with Gasteiger partial charge in [0.15, 0.2) is 5.76 Å². The van der Waals surface area contributed by atoms with E-state index in [0.29, 0.717) is 11.4 Å². The Kier molecular flexibility index (Phi) is 4.85. The molecule has 0 saturated carbocycles. The van der Waals surface area contributed by atoms with E-state index in [2.05, 4.69) is 4.99 Å². The van der Waals surface area contributed by atoms with Gasteiger partial charge >= 0.3 is 5.97 Å². The highest BCUT2D eigenvalue weighted by Gasteiger charge is 2.27. The number of aliphatic hydroxyl groups excluding tert-OH is 1. The normalized spacial score (nSPS) is 16.3. The van der Waals surface area contributed by atoms with Gasteiger partial charge in [0.1, 0.15) is 11.3 Å². The molecule has 0 spiro atoms. The number of ether oxygens (including phenoxy) is 1. The number of nitrogens with zero attached hydrogens (tertiary/aromatic N) is 1. The minimum absolute atomic E-state index is 0.125. The fraction of sp³-hybridized carbons (Fsp3) is 0.250. The second-order valence-electron chi connectivity index (χ2n) is 4.44. The van der Waals surface area contributed by atoms with Crippen molar-refractivity contribution in [2.24, 2.45) is 4.99 Å². The van der Waals surface area contributed by atoms with E-state index in [0.717, 1.165) is 10.5 Å². The molecule has 0 radical (unpaired) electrons. The van der Waals surface area contributed by atoms with Crippen LogP contribution in [0.1, 0.15) is 19.4 Å². The maximum Gasteiger partial charge on any atom is 0.343 e. The second kappa shape index (κ2) is 6.63. The fourth-order valence-electron chi connectivity index (χ4n) is 2.00. The van der Waals surface area contributed by atoms with E-state index in [1.807, 2.05) is 30.5 Å². The molecule has 5 heteroatoms. The molecule has 0 aromatic heterocycles. The molecule has 1 heterocycles. The van der Waals surface area contributed by atoms with Gasteiger partial charge in [0.2, 0.25) is 0 Å². The van der Waals surface area contributed by atoms with Crippen LogP contribution in [-0.2, 0) is 9.53 Å². The van der Waals surface area contributed by atoms with E-state index < -0.39 is 5.97 Å². The first kappa shape index (κ1) is 15.4. The second-order valence-corrected chi connectivity index (χ2v) is 5.32. The van der Waals surface area contributed by atoms with Crippen LogP contribution in [0.4, 0.5) is 0 Å². The molecule has 0 saturated heterocycles. The zero-order chi connectivity index (χ0) is 15.4. The molecule has 1 aliphatic rings. The van der Waals surface area contributed by atoms with Crippen molar-refractivity contribution in [3.8, 4) is 0 Å². The predicted molar refractivity (Wildman–Crippen MR) is 85.6 cm³/mol. The van der Waals surface area contributed by atoms with Gasteiger partial charge in [-0.15, -0.1) is 11.8 Å². The van der Waals surface area contributed by atoms with E-state index in [1.54, 1.807) is 31.7 Å². The first-order valence-corrected chi connectivity index (χ1v) is 7.81. The van der Waals surface area contributed by atoms with E-state index in [1.165, 1.54) is 0 Å². The summed E-state index contributed by atoms with van der Waals surface area (Å²) in [5.41, 5.74) is 1.91. The Bertz CT molecular complexity index is 642. The summed E-state index contributed by atoms with van der Waals surface area (Å²) >= 11 is 1.66. The van der Waals surface area contributed by atoms with E-state index in [4.69, 9.17) is 4.74 Å². The van der Waals surface area contributed by atoms with Gasteiger partial charge in [-0.25, -0.2) is 9.79 Å². The molecule has 0 bridgehead atoms. The average Bonchev–Trinajstić information content (AvgIpc) is 2.74. The minimum atomic E-state index is -0.544. The number of aliphatic hydroxyl groups is 1. The topological polar surface area (TPSA) is 58.9 Å². The molecule has 1 aromatic rings. The zero-order valence-electron chi connectivity index (χ0n) is 12.2. The molecule has 1 aromatic carbocycles. The number of benzene rings is 1. The van der Waals surface area contributed by atoms with Crippen LogP contribution >= 0.6 is 11.8 Å². The third kappa shape index (κ3) is 3.36. The lowest BCUT2D eigenvalue weighted by Gasteiger charge is -2.03. The van der Waals surface area contributed by atoms with E-state index >= 15 is 0 Å². The predicted octanol–water partition coefficient (Wildman–Crippen LogP) is 3.60. The Morgan fingerprint density at radius 3 is 2.62 bits per heavy atom. The van der Waals surface area contributed by atoms with Gasteiger partial charge in [-0.3, -0.25) is 0 Å². The molecule has 0 fully saturated rings. The van der Waals surface area contributed by atoms with Gasteiger partial charge in [-0.2, -0.15) is 0 Å². The van der Waals surface area contributed by atoms with E-state index in [-0.39, 0.29) is 17.9 Å². The summed E-state index contributed by atoms with van der Waals surface area (Å²) < 4.78 is 4.93. The molecule has 110 valence electrons. The Balaban J connectivity index is 2.32. The van der Waals surface area contributed by atoms with Crippen molar-refractivity contribution in [2.75, 3.05) is 12.9 Å². The maximum absolute atomic E-state index is 11.8. The van der Waals surface area contributed by atoms with Crippen LogP contribution in [0.2, 0.25) is 0 Å². The van der Waals surface area contributed by atoms with Crippen molar-refractivity contribution in [3.05, 3.63) is 46.9 Å². The molecule has 21 heavy (non-hydrogen) atoms. The number of esters is 1. The molecular weight excluding hydrogens is 286 g/mol. The summed E-state index contributed by atoms with van der Waals surface area (Å²) in [7, 11) is 0. The first-order chi connectivity index (χ1) is 10.1. The van der Waals surface area contributed by atoms with Crippen LogP contribution in [0.3, 0.4) is 0 Å². The van der Waals surface area contributed by atoms with Crippen LogP contribution in [0.25, 0.3) is 6.08 Å². The summed E-state index contributed by atoms with van der Waals surface area (Å²) in [5, 5.41) is 10.2. The van der Waals surface area contributed by atoms with E-state index in [9.17, 15) is 9.90 Å². The highest BCUT2D eigenvalue weighted by atomic mass is 32.2. The Morgan fingerprint density at radius 2 is 2.05 bits per heavy atom. The van der Waals surface area contributed by atoms with Crippen LogP contribution in [-0.4, -0.2) is 29.7 Å². The smallest absolute Gasteiger partial charge is 0.343 e. The Labute approximate surface area is 128 Å². The molecule has 0 amide bonds. The number of aliphatic imine (C=N–C) groups is 1. The molecule has 1 aliphatic heterocycles. The SMILES string of the molecule is CCOC(=O)C1=C(O)C(=Cc2ccc(SC)cc2)N=C1C. The summed E-state index contributed by atoms with van der Waals surface area (Å²) in [6.45, 7) is 3.67. The first-order valence-electron chi connectivity index (χ1n) is 6.59. The summed E-state index contributed by atoms with van der Waals surface area (Å²) in [6, 6.07) is 7.88. The highest BCUT2D eigenvalue weighted by Crippen LogP contribution is 2.26. The Morgan fingerprint density at radius 1 is 1.38 bits per heavy atom. The van der Waals surface area contributed by atoms with Crippen molar-refractivity contribution in [1.29, 1.82) is 0 Å². The van der Waals surface area contributed by atoms with Crippen molar-refractivity contribution in [3.63, 3.8) is 0 Å². The average molecular weight is 303 g/mol. The van der Waals surface area contributed by atoms with Crippen LogP contribution in [0.15, 0.2) is 51.2 Å². The molecule has 0 aliphatic carbocycles. The van der Waals surface area contributed by atoms with Crippen molar-refractivity contribution in [2.45, 2.75) is 18.7 Å². The third-order valence-corrected chi connectivity index (χ3v) is 3.77.